The quantitative estimate of drug-likeness (QED) is 0.493. The Labute approximate surface area is 69.8 Å². The van der Waals surface area contributed by atoms with Crippen LogP contribution in [-0.4, -0.2) is 11.3 Å². The first-order chi connectivity index (χ1) is 5.33. The smallest absolute Gasteiger partial charge is 0.230 e. The van der Waals surface area contributed by atoms with Gasteiger partial charge in [0.25, 0.3) is 0 Å². The van der Waals surface area contributed by atoms with Crippen molar-refractivity contribution in [2.75, 3.05) is 0 Å². The highest BCUT2D eigenvalue weighted by atomic mass is 32.1. The Hall–Kier alpha value is -1.22. The van der Waals surface area contributed by atoms with Crippen LogP contribution in [0.2, 0.25) is 0 Å². The summed E-state index contributed by atoms with van der Waals surface area (Å²) in [6.45, 7) is 0. The van der Waals surface area contributed by atoms with Gasteiger partial charge in [-0.05, 0) is 24.4 Å². The molecule has 0 aromatic heterocycles. The maximum atomic E-state index is 10.0. The highest BCUT2D eigenvalue weighted by molar-refractivity contribution is 7.81. The second kappa shape index (κ2) is 3.83. The summed E-state index contributed by atoms with van der Waals surface area (Å²) in [6, 6.07) is 8.94. The van der Waals surface area contributed by atoms with Crippen LogP contribution in [0.15, 0.2) is 30.3 Å². The minimum atomic E-state index is -0.0452. The normalized spacial score (nSPS) is 8.73. The molecule has 0 saturated heterocycles. The number of para-hydroxylation sites is 1. The van der Waals surface area contributed by atoms with Crippen molar-refractivity contribution >= 4 is 23.6 Å². The number of ether oxygens (including phenoxy) is 1. The van der Waals surface area contributed by atoms with E-state index in [0.29, 0.717) is 12.0 Å². The Morgan fingerprint density at radius 2 is 2.00 bits per heavy atom. The van der Waals surface area contributed by atoms with Crippen LogP contribution in [0.4, 0.5) is 0 Å². The topological polar surface area (TPSA) is 26.3 Å². The predicted octanol–water partition coefficient (Wildman–Crippen LogP) is 1.59. The standard InChI is InChI=1S/C8H6O2S/c9-6-8(11)10-7-4-2-1-3-5-7/h1-6H. The molecule has 0 aliphatic rings. The molecule has 1 rings (SSSR count). The molecule has 0 radical (unpaired) electrons. The van der Waals surface area contributed by atoms with E-state index in [9.17, 15) is 4.79 Å². The number of rotatable bonds is 2. The number of aldehydes is 1. The van der Waals surface area contributed by atoms with Gasteiger partial charge in [0.05, 0.1) is 0 Å². The molecule has 3 heteroatoms. The Morgan fingerprint density at radius 3 is 2.55 bits per heavy atom. The average molecular weight is 166 g/mol. The Bertz CT molecular complexity index is 256. The van der Waals surface area contributed by atoms with E-state index in [-0.39, 0.29) is 5.05 Å². The van der Waals surface area contributed by atoms with Gasteiger partial charge in [0.15, 0.2) is 6.29 Å². The monoisotopic (exact) mass is 166 g/mol. The minimum absolute atomic E-state index is 0.0452. The van der Waals surface area contributed by atoms with Gasteiger partial charge in [0, 0.05) is 0 Å². The lowest BCUT2D eigenvalue weighted by atomic mass is 10.3. The van der Waals surface area contributed by atoms with E-state index in [0.717, 1.165) is 0 Å². The Morgan fingerprint density at radius 1 is 1.36 bits per heavy atom. The molecule has 0 unspecified atom stereocenters. The molecule has 1 aromatic rings. The zero-order valence-electron chi connectivity index (χ0n) is 5.69. The molecule has 0 fully saturated rings. The van der Waals surface area contributed by atoms with Gasteiger partial charge < -0.3 is 4.74 Å². The van der Waals surface area contributed by atoms with Crippen LogP contribution in [0.1, 0.15) is 0 Å². The van der Waals surface area contributed by atoms with Crippen LogP contribution in [0.5, 0.6) is 5.75 Å². The fourth-order valence-corrected chi connectivity index (χ4v) is 0.725. The van der Waals surface area contributed by atoms with Gasteiger partial charge in [0.1, 0.15) is 5.75 Å². The van der Waals surface area contributed by atoms with Crippen LogP contribution in [0, 0.1) is 0 Å². The molecule has 0 N–H and O–H groups in total. The van der Waals surface area contributed by atoms with Gasteiger partial charge in [-0.15, -0.1) is 0 Å². The molecule has 0 atom stereocenters. The van der Waals surface area contributed by atoms with Gasteiger partial charge in [-0.2, -0.15) is 0 Å². The summed E-state index contributed by atoms with van der Waals surface area (Å²) < 4.78 is 4.93. The summed E-state index contributed by atoms with van der Waals surface area (Å²) in [5, 5.41) is -0.0452. The van der Waals surface area contributed by atoms with E-state index in [1.807, 2.05) is 18.2 Å². The van der Waals surface area contributed by atoms with Gasteiger partial charge >= 0.3 is 0 Å². The first-order valence-electron chi connectivity index (χ1n) is 3.05. The van der Waals surface area contributed by atoms with Gasteiger partial charge in [-0.3, -0.25) is 4.79 Å². The molecule has 56 valence electrons. The van der Waals surface area contributed by atoms with E-state index in [1.54, 1.807) is 12.1 Å². The number of thiocarbonyl (C=S) groups is 1. The molecule has 2 nitrogen and oxygen atoms in total. The third-order valence-corrected chi connectivity index (χ3v) is 1.24. The van der Waals surface area contributed by atoms with Crippen molar-refractivity contribution in [1.29, 1.82) is 0 Å². The molecule has 0 saturated carbocycles. The van der Waals surface area contributed by atoms with Gasteiger partial charge in [0.2, 0.25) is 5.05 Å². The molecule has 0 heterocycles. The fourth-order valence-electron chi connectivity index (χ4n) is 0.629. The molecule has 0 aliphatic carbocycles. The SMILES string of the molecule is O=CC(=S)Oc1ccccc1. The molecule has 0 bridgehead atoms. The molecule has 0 amide bonds. The third kappa shape index (κ3) is 2.47. The van der Waals surface area contributed by atoms with E-state index in [2.05, 4.69) is 12.2 Å². The van der Waals surface area contributed by atoms with E-state index in [1.165, 1.54) is 0 Å². The number of carbonyl (C=O) groups is 1. The summed E-state index contributed by atoms with van der Waals surface area (Å²) in [6.07, 6.45) is 0.502. The lowest BCUT2D eigenvalue weighted by molar-refractivity contribution is -0.103. The summed E-state index contributed by atoms with van der Waals surface area (Å²) in [5.41, 5.74) is 0. The second-order valence-corrected chi connectivity index (χ2v) is 2.25. The Kier molecular flexibility index (Phi) is 2.74. The fraction of sp³-hybridized carbons (Fsp3) is 0. The average Bonchev–Trinajstić information content (AvgIpc) is 2.06. The Balaban J connectivity index is 2.65. The van der Waals surface area contributed by atoms with E-state index < -0.39 is 0 Å². The van der Waals surface area contributed by atoms with Crippen LogP contribution >= 0.6 is 12.2 Å². The second-order valence-electron chi connectivity index (χ2n) is 1.85. The maximum Gasteiger partial charge on any atom is 0.230 e. The highest BCUT2D eigenvalue weighted by Crippen LogP contribution is 2.07. The molecule has 0 spiro atoms. The number of carbonyl (C=O) groups excluding carboxylic acids is 1. The lowest BCUT2D eigenvalue weighted by Crippen LogP contribution is -2.05. The summed E-state index contributed by atoms with van der Waals surface area (Å²) in [5.74, 6) is 0.588. The summed E-state index contributed by atoms with van der Waals surface area (Å²) >= 11 is 4.55. The first-order valence-corrected chi connectivity index (χ1v) is 3.46. The third-order valence-electron chi connectivity index (χ3n) is 1.06. The van der Waals surface area contributed by atoms with Gasteiger partial charge in [-0.1, -0.05) is 18.2 Å². The van der Waals surface area contributed by atoms with Gasteiger partial charge in [-0.25, -0.2) is 0 Å². The number of benzene rings is 1. The largest absolute Gasteiger partial charge is 0.442 e. The molecule has 1 aromatic carbocycles. The van der Waals surface area contributed by atoms with Crippen LogP contribution < -0.4 is 4.74 Å². The van der Waals surface area contributed by atoms with Crippen molar-refractivity contribution in [3.63, 3.8) is 0 Å². The number of hydrogen-bond acceptors (Lipinski definition) is 3. The molecule has 11 heavy (non-hydrogen) atoms. The molecular formula is C8H6O2S. The first kappa shape index (κ1) is 7.88. The predicted molar refractivity (Wildman–Crippen MR) is 45.7 cm³/mol. The minimum Gasteiger partial charge on any atom is -0.442 e. The van der Waals surface area contributed by atoms with Crippen molar-refractivity contribution < 1.29 is 9.53 Å². The lowest BCUT2D eigenvalue weighted by Gasteiger charge is -1.99. The molecular weight excluding hydrogens is 160 g/mol. The van der Waals surface area contributed by atoms with Crippen molar-refractivity contribution in [2.24, 2.45) is 0 Å². The van der Waals surface area contributed by atoms with Crippen molar-refractivity contribution in [1.82, 2.24) is 0 Å². The maximum absolute atomic E-state index is 10.0. The van der Waals surface area contributed by atoms with Crippen LogP contribution in [-0.2, 0) is 4.79 Å². The zero-order valence-corrected chi connectivity index (χ0v) is 6.51. The van der Waals surface area contributed by atoms with Crippen molar-refractivity contribution in [3.8, 4) is 5.75 Å². The van der Waals surface area contributed by atoms with Crippen LogP contribution in [0.3, 0.4) is 0 Å². The van der Waals surface area contributed by atoms with Crippen molar-refractivity contribution in [2.45, 2.75) is 0 Å². The summed E-state index contributed by atoms with van der Waals surface area (Å²) in [7, 11) is 0. The van der Waals surface area contributed by atoms with Crippen molar-refractivity contribution in [3.05, 3.63) is 30.3 Å². The summed E-state index contributed by atoms with van der Waals surface area (Å²) in [4.78, 5) is 10.0. The highest BCUT2D eigenvalue weighted by Gasteiger charge is 1.94. The van der Waals surface area contributed by atoms with E-state index >= 15 is 0 Å². The number of hydrogen-bond donors (Lipinski definition) is 0. The van der Waals surface area contributed by atoms with Crippen LogP contribution in [0.25, 0.3) is 0 Å². The zero-order chi connectivity index (χ0) is 8.10. The van der Waals surface area contributed by atoms with E-state index in [4.69, 9.17) is 4.74 Å². The molecule has 0 aliphatic heterocycles.